The lowest BCUT2D eigenvalue weighted by molar-refractivity contribution is -0.131. The highest BCUT2D eigenvalue weighted by atomic mass is 16.5. The fourth-order valence-electron chi connectivity index (χ4n) is 1.22. The summed E-state index contributed by atoms with van der Waals surface area (Å²) < 4.78 is 5.44. The molecular formula is C9H19NO. The summed E-state index contributed by atoms with van der Waals surface area (Å²) in [5.74, 6) is 0.735. The van der Waals surface area contributed by atoms with Crippen molar-refractivity contribution in [2.24, 2.45) is 5.92 Å². The molecule has 0 aromatic rings. The Bertz CT molecular complexity index is 119. The molecule has 11 heavy (non-hydrogen) atoms. The van der Waals surface area contributed by atoms with Gasteiger partial charge in [0.05, 0.1) is 12.2 Å². The Kier molecular flexibility index (Phi) is 2.90. The molecule has 1 rings (SSSR count). The van der Waals surface area contributed by atoms with Gasteiger partial charge in [-0.1, -0.05) is 13.8 Å². The molecule has 2 heteroatoms. The van der Waals surface area contributed by atoms with E-state index in [4.69, 9.17) is 4.74 Å². The molecule has 0 spiro atoms. The Hall–Kier alpha value is -0.0800. The van der Waals surface area contributed by atoms with Gasteiger partial charge < -0.3 is 10.1 Å². The van der Waals surface area contributed by atoms with Crippen molar-refractivity contribution in [1.29, 1.82) is 0 Å². The van der Waals surface area contributed by atoms with E-state index in [0.29, 0.717) is 0 Å². The van der Waals surface area contributed by atoms with Crippen LogP contribution in [0.15, 0.2) is 0 Å². The van der Waals surface area contributed by atoms with Crippen LogP contribution < -0.4 is 5.32 Å². The van der Waals surface area contributed by atoms with Crippen LogP contribution in [0, 0.1) is 5.92 Å². The summed E-state index contributed by atoms with van der Waals surface area (Å²) in [5.41, 5.74) is 0.148. The molecule has 0 bridgehead atoms. The molecule has 1 N–H and O–H groups in total. The van der Waals surface area contributed by atoms with Gasteiger partial charge >= 0.3 is 0 Å². The second kappa shape index (κ2) is 3.55. The summed E-state index contributed by atoms with van der Waals surface area (Å²) in [6.07, 6.45) is 1.21. The third-order valence-electron chi connectivity index (χ3n) is 2.13. The normalized spacial score (nSPS) is 30.5. The molecule has 1 saturated heterocycles. The second-order valence-corrected chi connectivity index (χ2v) is 4.07. The maximum Gasteiger partial charge on any atom is 0.0800 e. The predicted octanol–water partition coefficient (Wildman–Crippen LogP) is 1.41. The largest absolute Gasteiger partial charge is 0.374 e. The number of ether oxygens (including phenoxy) is 1. The standard InChI is InChI=1S/C9H19NO/c1-8(2)6-10-7-9(3)4-5-11-9/h8,10H,4-7H2,1-3H3/t9-/m1/s1. The molecule has 2 nitrogen and oxygen atoms in total. The van der Waals surface area contributed by atoms with Gasteiger partial charge in [-0.25, -0.2) is 0 Å². The lowest BCUT2D eigenvalue weighted by Gasteiger charge is -2.39. The van der Waals surface area contributed by atoms with Crippen molar-refractivity contribution in [1.82, 2.24) is 5.32 Å². The van der Waals surface area contributed by atoms with Crippen LogP contribution in [-0.4, -0.2) is 25.3 Å². The first-order valence-corrected chi connectivity index (χ1v) is 4.47. The van der Waals surface area contributed by atoms with Crippen molar-refractivity contribution in [3.63, 3.8) is 0 Å². The number of hydrogen-bond acceptors (Lipinski definition) is 2. The first-order valence-electron chi connectivity index (χ1n) is 4.47. The average Bonchev–Trinajstić information content (AvgIpc) is 1.83. The summed E-state index contributed by atoms with van der Waals surface area (Å²) in [4.78, 5) is 0. The summed E-state index contributed by atoms with van der Waals surface area (Å²) in [6, 6.07) is 0. The summed E-state index contributed by atoms with van der Waals surface area (Å²) >= 11 is 0. The third kappa shape index (κ3) is 2.80. The van der Waals surface area contributed by atoms with Gasteiger partial charge in [0, 0.05) is 13.0 Å². The van der Waals surface area contributed by atoms with E-state index in [1.165, 1.54) is 6.42 Å². The molecule has 0 aromatic carbocycles. The quantitative estimate of drug-likeness (QED) is 0.666. The summed E-state index contributed by atoms with van der Waals surface area (Å²) in [6.45, 7) is 9.65. The minimum Gasteiger partial charge on any atom is -0.374 e. The van der Waals surface area contributed by atoms with Crippen LogP contribution in [0.25, 0.3) is 0 Å². The maximum atomic E-state index is 5.44. The van der Waals surface area contributed by atoms with E-state index in [2.05, 4.69) is 26.1 Å². The van der Waals surface area contributed by atoms with Crippen LogP contribution in [0.1, 0.15) is 27.2 Å². The minimum absolute atomic E-state index is 0.148. The van der Waals surface area contributed by atoms with E-state index >= 15 is 0 Å². The van der Waals surface area contributed by atoms with Gasteiger partial charge in [-0.05, 0) is 19.4 Å². The number of nitrogens with one attached hydrogen (secondary N) is 1. The molecule has 66 valence electrons. The zero-order chi connectivity index (χ0) is 8.32. The summed E-state index contributed by atoms with van der Waals surface area (Å²) in [7, 11) is 0. The van der Waals surface area contributed by atoms with Gasteiger partial charge in [-0.3, -0.25) is 0 Å². The molecule has 0 unspecified atom stereocenters. The highest BCUT2D eigenvalue weighted by Gasteiger charge is 2.32. The molecule has 1 atom stereocenters. The molecular weight excluding hydrogens is 138 g/mol. The van der Waals surface area contributed by atoms with Crippen LogP contribution in [0.3, 0.4) is 0 Å². The maximum absolute atomic E-state index is 5.44. The van der Waals surface area contributed by atoms with Gasteiger partial charge in [0.2, 0.25) is 0 Å². The zero-order valence-corrected chi connectivity index (χ0v) is 7.81. The van der Waals surface area contributed by atoms with Crippen molar-refractivity contribution in [3.8, 4) is 0 Å². The zero-order valence-electron chi connectivity index (χ0n) is 7.81. The highest BCUT2D eigenvalue weighted by Crippen LogP contribution is 2.24. The third-order valence-corrected chi connectivity index (χ3v) is 2.13. The molecule has 0 aliphatic carbocycles. The molecule has 0 amide bonds. The Balaban J connectivity index is 2.02. The van der Waals surface area contributed by atoms with Crippen molar-refractivity contribution in [3.05, 3.63) is 0 Å². The van der Waals surface area contributed by atoms with Gasteiger partial charge in [0.25, 0.3) is 0 Å². The van der Waals surface area contributed by atoms with Crippen LogP contribution in [-0.2, 0) is 4.74 Å². The molecule has 0 radical (unpaired) electrons. The van der Waals surface area contributed by atoms with Crippen LogP contribution in [0.4, 0.5) is 0 Å². The second-order valence-electron chi connectivity index (χ2n) is 4.07. The smallest absolute Gasteiger partial charge is 0.0800 e. The van der Waals surface area contributed by atoms with E-state index in [1.807, 2.05) is 0 Å². The van der Waals surface area contributed by atoms with Crippen molar-refractivity contribution < 1.29 is 4.74 Å². The van der Waals surface area contributed by atoms with Crippen LogP contribution >= 0.6 is 0 Å². The Morgan fingerprint density at radius 3 is 2.55 bits per heavy atom. The van der Waals surface area contributed by atoms with Gasteiger partial charge in [-0.2, -0.15) is 0 Å². The number of hydrogen-bond donors (Lipinski definition) is 1. The highest BCUT2D eigenvalue weighted by molar-refractivity contribution is 4.84. The molecule has 1 fully saturated rings. The molecule has 0 aromatic heterocycles. The molecule has 0 saturated carbocycles. The molecule has 1 aliphatic heterocycles. The van der Waals surface area contributed by atoms with Crippen molar-refractivity contribution in [2.75, 3.05) is 19.7 Å². The first-order chi connectivity index (χ1) is 5.12. The van der Waals surface area contributed by atoms with E-state index < -0.39 is 0 Å². The lowest BCUT2D eigenvalue weighted by Crippen LogP contribution is -2.49. The Labute approximate surface area is 69.3 Å². The molecule has 1 heterocycles. The van der Waals surface area contributed by atoms with E-state index in [9.17, 15) is 0 Å². The average molecular weight is 157 g/mol. The Morgan fingerprint density at radius 2 is 2.18 bits per heavy atom. The summed E-state index contributed by atoms with van der Waals surface area (Å²) in [5, 5.41) is 3.40. The monoisotopic (exact) mass is 157 g/mol. The van der Waals surface area contributed by atoms with Gasteiger partial charge in [-0.15, -0.1) is 0 Å². The van der Waals surface area contributed by atoms with Gasteiger partial charge in [0.15, 0.2) is 0 Å². The van der Waals surface area contributed by atoms with Crippen LogP contribution in [0.2, 0.25) is 0 Å². The van der Waals surface area contributed by atoms with E-state index in [0.717, 1.165) is 25.6 Å². The Morgan fingerprint density at radius 1 is 1.55 bits per heavy atom. The fraction of sp³-hybridized carbons (Fsp3) is 1.00. The fourth-order valence-corrected chi connectivity index (χ4v) is 1.22. The van der Waals surface area contributed by atoms with E-state index in [1.54, 1.807) is 0 Å². The minimum atomic E-state index is 0.148. The van der Waals surface area contributed by atoms with Crippen molar-refractivity contribution >= 4 is 0 Å². The topological polar surface area (TPSA) is 21.3 Å². The van der Waals surface area contributed by atoms with E-state index in [-0.39, 0.29) is 5.60 Å². The predicted molar refractivity (Wildman–Crippen MR) is 46.7 cm³/mol. The van der Waals surface area contributed by atoms with Gasteiger partial charge in [0.1, 0.15) is 0 Å². The lowest BCUT2D eigenvalue weighted by atomic mass is 9.97. The first kappa shape index (κ1) is 9.01. The van der Waals surface area contributed by atoms with Crippen LogP contribution in [0.5, 0.6) is 0 Å². The van der Waals surface area contributed by atoms with Crippen molar-refractivity contribution in [2.45, 2.75) is 32.8 Å². The SMILES string of the molecule is CC(C)CNC[C@@]1(C)CCO1. The molecule has 1 aliphatic rings. The number of rotatable bonds is 4.